The lowest BCUT2D eigenvalue weighted by molar-refractivity contribution is -0.161. The Bertz CT molecular complexity index is 1910. The van der Waals surface area contributed by atoms with Crippen LogP contribution in [0, 0.1) is 11.8 Å². The lowest BCUT2D eigenvalue weighted by atomic mass is 9.99. The number of carbonyl (C=O) groups is 4. The molecule has 0 aliphatic rings. The third-order valence-electron chi connectivity index (χ3n) is 19.1. The first kappa shape index (κ1) is 97.1. The van der Waals surface area contributed by atoms with Crippen molar-refractivity contribution in [2.24, 2.45) is 11.8 Å². The molecule has 0 amide bonds. The second kappa shape index (κ2) is 71.7. The highest BCUT2D eigenvalue weighted by Gasteiger charge is 2.30. The molecule has 6 atom stereocenters. The van der Waals surface area contributed by atoms with Crippen LogP contribution in [0.25, 0.3) is 0 Å². The Hall–Kier alpha value is -1.94. The van der Waals surface area contributed by atoms with E-state index in [-0.39, 0.29) is 25.7 Å². The van der Waals surface area contributed by atoms with E-state index in [9.17, 15) is 43.2 Å². The summed E-state index contributed by atoms with van der Waals surface area (Å²) in [6, 6.07) is 0. The lowest BCUT2D eigenvalue weighted by Crippen LogP contribution is -2.30. The van der Waals surface area contributed by atoms with Crippen LogP contribution in [-0.4, -0.2) is 96.7 Å². The summed E-state index contributed by atoms with van der Waals surface area (Å²) in [5.41, 5.74) is 0. The van der Waals surface area contributed by atoms with Crippen LogP contribution < -0.4 is 0 Å². The number of aliphatic hydroxyl groups excluding tert-OH is 1. The summed E-state index contributed by atoms with van der Waals surface area (Å²) in [5.74, 6) is -0.513. The number of unbranched alkanes of at least 4 members (excludes halogenated alkanes) is 48. The minimum absolute atomic E-state index is 0.107. The van der Waals surface area contributed by atoms with Gasteiger partial charge in [-0.05, 0) is 37.5 Å². The second-order valence-electron chi connectivity index (χ2n) is 29.5. The van der Waals surface area contributed by atoms with Gasteiger partial charge in [0.05, 0.1) is 26.4 Å². The zero-order chi connectivity index (χ0) is 72.8. The van der Waals surface area contributed by atoms with E-state index in [1.165, 1.54) is 238 Å². The molecule has 19 heteroatoms. The molecule has 0 rings (SSSR count). The fraction of sp³-hybridized carbons (Fsp3) is 0.950. The number of phosphoric acid groups is 2. The van der Waals surface area contributed by atoms with E-state index in [0.717, 1.165) is 102 Å². The molecule has 588 valence electrons. The van der Waals surface area contributed by atoms with Crippen LogP contribution in [0.1, 0.15) is 420 Å². The van der Waals surface area contributed by atoms with Crippen LogP contribution >= 0.6 is 15.6 Å². The van der Waals surface area contributed by atoms with E-state index in [1.54, 1.807) is 0 Å². The minimum atomic E-state index is -4.96. The number of aliphatic hydroxyl groups is 1. The Balaban J connectivity index is 5.27. The van der Waals surface area contributed by atoms with Crippen molar-refractivity contribution in [2.75, 3.05) is 39.6 Å². The maximum Gasteiger partial charge on any atom is 0.472 e. The van der Waals surface area contributed by atoms with Crippen molar-refractivity contribution in [3.8, 4) is 0 Å². The fourth-order valence-electron chi connectivity index (χ4n) is 12.3. The first-order valence-electron chi connectivity index (χ1n) is 41.5. The first-order valence-corrected chi connectivity index (χ1v) is 44.5. The van der Waals surface area contributed by atoms with Gasteiger partial charge in [-0.3, -0.25) is 37.3 Å². The molecule has 0 spiro atoms. The average molecular weight is 1450 g/mol. The topological polar surface area (TPSA) is 237 Å². The van der Waals surface area contributed by atoms with E-state index >= 15 is 0 Å². The summed E-state index contributed by atoms with van der Waals surface area (Å²) in [7, 11) is -9.92. The van der Waals surface area contributed by atoms with Gasteiger partial charge in [-0.25, -0.2) is 9.13 Å². The van der Waals surface area contributed by atoms with Gasteiger partial charge < -0.3 is 33.8 Å². The monoisotopic (exact) mass is 1450 g/mol. The molecule has 0 aromatic heterocycles. The molecule has 0 aliphatic carbocycles. The molecule has 0 aromatic rings. The summed E-state index contributed by atoms with van der Waals surface area (Å²) in [5, 5.41) is 10.6. The number of hydrogen-bond donors (Lipinski definition) is 3. The molecule has 0 radical (unpaired) electrons. The highest BCUT2D eigenvalue weighted by atomic mass is 31.2. The normalized spacial score (nSPS) is 14.2. The average Bonchev–Trinajstić information content (AvgIpc) is 0.997. The maximum atomic E-state index is 13.1. The molecule has 3 N–H and O–H groups in total. The smallest absolute Gasteiger partial charge is 0.462 e. The van der Waals surface area contributed by atoms with E-state index in [4.69, 9.17) is 37.0 Å². The molecule has 0 aliphatic heterocycles. The Morgan fingerprint density at radius 1 is 0.293 bits per heavy atom. The Kier molecular flexibility index (Phi) is 70.3. The number of ether oxygens (including phenoxy) is 4. The van der Waals surface area contributed by atoms with Gasteiger partial charge in [0.15, 0.2) is 12.2 Å². The molecule has 0 heterocycles. The highest BCUT2D eigenvalue weighted by Crippen LogP contribution is 2.45. The van der Waals surface area contributed by atoms with Gasteiger partial charge in [-0.1, -0.05) is 369 Å². The van der Waals surface area contributed by atoms with Gasteiger partial charge in [-0.15, -0.1) is 0 Å². The summed E-state index contributed by atoms with van der Waals surface area (Å²) in [6.45, 7) is 9.68. The van der Waals surface area contributed by atoms with Crippen molar-refractivity contribution in [1.82, 2.24) is 0 Å². The predicted molar refractivity (Wildman–Crippen MR) is 405 cm³/mol. The van der Waals surface area contributed by atoms with E-state index in [1.807, 2.05) is 0 Å². The van der Waals surface area contributed by atoms with E-state index in [2.05, 4.69) is 41.5 Å². The summed E-state index contributed by atoms with van der Waals surface area (Å²) in [6.07, 6.45) is 60.8. The lowest BCUT2D eigenvalue weighted by Gasteiger charge is -2.21. The van der Waals surface area contributed by atoms with Crippen molar-refractivity contribution >= 4 is 39.5 Å². The zero-order valence-corrected chi connectivity index (χ0v) is 66.6. The third-order valence-corrected chi connectivity index (χ3v) is 21.0. The van der Waals surface area contributed by atoms with E-state index < -0.39 is 97.5 Å². The Morgan fingerprint density at radius 3 is 0.768 bits per heavy atom. The maximum absolute atomic E-state index is 13.1. The van der Waals surface area contributed by atoms with Crippen LogP contribution in [0.15, 0.2) is 0 Å². The molecule has 0 saturated carbocycles. The SMILES string of the molecule is CCCCCCCCCCCCCCCCCCCC(=O)O[C@H](COC(=O)CCCCCCCCCCCCCCCC(C)C)COP(=O)(O)OC[C@@H](O)COP(=O)(O)OC[C@@H](COC(=O)CCCCCCCCCCCCCC)OC(=O)CCCCCCCCCCCCC(C)CC. The second-order valence-corrected chi connectivity index (χ2v) is 32.4. The minimum Gasteiger partial charge on any atom is -0.462 e. The Morgan fingerprint density at radius 2 is 0.515 bits per heavy atom. The van der Waals surface area contributed by atoms with Gasteiger partial charge >= 0.3 is 39.5 Å². The Labute approximate surface area is 607 Å². The predicted octanol–water partition coefficient (Wildman–Crippen LogP) is 23.9. The van der Waals surface area contributed by atoms with Gasteiger partial charge in [0.25, 0.3) is 0 Å². The van der Waals surface area contributed by atoms with Gasteiger partial charge in [0.1, 0.15) is 19.3 Å². The van der Waals surface area contributed by atoms with Crippen molar-refractivity contribution in [3.63, 3.8) is 0 Å². The highest BCUT2D eigenvalue weighted by molar-refractivity contribution is 7.47. The molecule has 0 aromatic carbocycles. The van der Waals surface area contributed by atoms with Crippen LogP contribution in [0.4, 0.5) is 0 Å². The van der Waals surface area contributed by atoms with Crippen molar-refractivity contribution in [3.05, 3.63) is 0 Å². The standard InChI is InChI=1S/C80H156O17P2/c1-7-10-12-14-16-18-20-22-23-24-25-28-33-40-46-52-58-64-79(84)96-75(68-91-78(83)63-57-51-45-39-32-29-26-27-30-36-42-48-54-60-72(4)5)70-94-98(86,87)92-66-74(81)67-93-99(88,89)95-71-76(69-90-77(82)62-56-50-44-38-31-21-19-17-15-13-11-8-2)97-80(85)65-59-53-47-41-35-34-37-43-49-55-61-73(6)9-3/h72-76,81H,7-71H2,1-6H3,(H,86,87)(H,88,89)/t73?,74-,75-,76-/m1/s1. The number of esters is 4. The summed E-state index contributed by atoms with van der Waals surface area (Å²) in [4.78, 5) is 73.0. The van der Waals surface area contributed by atoms with Crippen LogP contribution in [0.5, 0.6) is 0 Å². The molecule has 99 heavy (non-hydrogen) atoms. The first-order chi connectivity index (χ1) is 47.9. The molecule has 0 saturated heterocycles. The number of phosphoric ester groups is 2. The summed E-state index contributed by atoms with van der Waals surface area (Å²) < 4.78 is 68.7. The van der Waals surface area contributed by atoms with Gasteiger partial charge in [0, 0.05) is 25.7 Å². The molecular formula is C80H156O17P2. The largest absolute Gasteiger partial charge is 0.472 e. The van der Waals surface area contributed by atoms with Gasteiger partial charge in [0.2, 0.25) is 0 Å². The number of carbonyl (C=O) groups excluding carboxylic acids is 4. The number of rotatable bonds is 79. The fourth-order valence-corrected chi connectivity index (χ4v) is 13.9. The van der Waals surface area contributed by atoms with Crippen LogP contribution in [0.3, 0.4) is 0 Å². The molecule has 0 bridgehead atoms. The van der Waals surface area contributed by atoms with Crippen molar-refractivity contribution in [2.45, 2.75) is 439 Å². The quantitative estimate of drug-likeness (QED) is 0.0222. The molecule has 3 unspecified atom stereocenters. The van der Waals surface area contributed by atoms with Crippen LogP contribution in [0.2, 0.25) is 0 Å². The zero-order valence-electron chi connectivity index (χ0n) is 64.8. The molecular weight excluding hydrogens is 1290 g/mol. The number of hydrogen-bond acceptors (Lipinski definition) is 15. The summed E-state index contributed by atoms with van der Waals surface area (Å²) >= 11 is 0. The third kappa shape index (κ3) is 72.8. The van der Waals surface area contributed by atoms with E-state index in [0.29, 0.717) is 25.7 Å². The van der Waals surface area contributed by atoms with Gasteiger partial charge in [-0.2, -0.15) is 0 Å². The van der Waals surface area contributed by atoms with Crippen molar-refractivity contribution in [1.29, 1.82) is 0 Å². The molecule has 0 fully saturated rings. The van der Waals surface area contributed by atoms with Crippen LogP contribution in [-0.2, 0) is 65.4 Å². The molecule has 17 nitrogen and oxygen atoms in total. The van der Waals surface area contributed by atoms with Crippen molar-refractivity contribution < 1.29 is 80.2 Å².